The molecule has 0 aliphatic heterocycles. The molecule has 3 N–H and O–H groups in total. The Morgan fingerprint density at radius 1 is 1.36 bits per heavy atom. The lowest BCUT2D eigenvalue weighted by molar-refractivity contribution is 0.238. The lowest BCUT2D eigenvalue weighted by Gasteiger charge is -2.14. The molecule has 2 amide bonds. The van der Waals surface area contributed by atoms with Crippen LogP contribution in [0.2, 0.25) is 0 Å². The van der Waals surface area contributed by atoms with E-state index in [9.17, 15) is 4.79 Å². The van der Waals surface area contributed by atoms with Gasteiger partial charge in [0.2, 0.25) is 0 Å². The number of rotatable bonds is 6. The van der Waals surface area contributed by atoms with Crippen molar-refractivity contribution in [2.24, 2.45) is 7.05 Å². The van der Waals surface area contributed by atoms with E-state index < -0.39 is 0 Å². The molecule has 1 atom stereocenters. The molecule has 2 rings (SSSR count). The molecule has 7 heteroatoms. The largest absolute Gasteiger partial charge is 0.368 e. The topological polar surface area (TPSA) is 83.9 Å². The first-order valence-corrected chi connectivity index (χ1v) is 7.25. The highest BCUT2D eigenvalue weighted by atomic mass is 16.2. The van der Waals surface area contributed by atoms with Gasteiger partial charge in [-0.1, -0.05) is 6.07 Å². The van der Waals surface area contributed by atoms with Crippen LogP contribution < -0.4 is 16.0 Å². The fraction of sp³-hybridized carbons (Fsp3) is 0.400. The summed E-state index contributed by atoms with van der Waals surface area (Å²) in [7, 11) is 1.88. The third-order valence-corrected chi connectivity index (χ3v) is 3.47. The number of nitrogens with one attached hydrogen (secondary N) is 3. The molecule has 2 heterocycles. The van der Waals surface area contributed by atoms with Crippen LogP contribution in [0.15, 0.2) is 30.6 Å². The predicted molar refractivity (Wildman–Crippen MR) is 85.6 cm³/mol. The summed E-state index contributed by atoms with van der Waals surface area (Å²) in [5, 5.41) is 13.0. The maximum Gasteiger partial charge on any atom is 0.315 e. The molecule has 0 saturated carbocycles. The summed E-state index contributed by atoms with van der Waals surface area (Å²) in [6, 6.07) is 5.37. The van der Waals surface area contributed by atoms with Crippen molar-refractivity contribution in [1.82, 2.24) is 25.4 Å². The number of nitrogens with zero attached hydrogens (tertiary/aromatic N) is 3. The maximum atomic E-state index is 11.9. The van der Waals surface area contributed by atoms with Crippen molar-refractivity contribution in [3.8, 4) is 0 Å². The van der Waals surface area contributed by atoms with Crippen LogP contribution in [0, 0.1) is 6.92 Å². The first-order valence-electron chi connectivity index (χ1n) is 7.25. The van der Waals surface area contributed by atoms with Crippen molar-refractivity contribution >= 4 is 11.8 Å². The van der Waals surface area contributed by atoms with E-state index in [0.717, 1.165) is 17.1 Å². The van der Waals surface area contributed by atoms with E-state index in [-0.39, 0.29) is 12.1 Å². The Kier molecular flexibility index (Phi) is 5.35. The minimum absolute atomic E-state index is 0.0857. The number of amides is 2. The summed E-state index contributed by atoms with van der Waals surface area (Å²) in [6.07, 6.45) is 3.50. The van der Waals surface area contributed by atoms with Crippen molar-refractivity contribution in [1.29, 1.82) is 0 Å². The van der Waals surface area contributed by atoms with E-state index in [1.807, 2.05) is 39.1 Å². The molecule has 0 aromatic carbocycles. The van der Waals surface area contributed by atoms with Crippen molar-refractivity contribution in [2.75, 3.05) is 18.4 Å². The number of aromatic nitrogens is 3. The second-order valence-electron chi connectivity index (χ2n) is 5.07. The summed E-state index contributed by atoms with van der Waals surface area (Å²) in [5.74, 6) is 0.795. The number of hydrogen-bond donors (Lipinski definition) is 3. The zero-order valence-corrected chi connectivity index (χ0v) is 13.1. The van der Waals surface area contributed by atoms with Crippen LogP contribution in [0.1, 0.15) is 24.2 Å². The van der Waals surface area contributed by atoms with Gasteiger partial charge in [-0.2, -0.15) is 5.10 Å². The molecule has 22 heavy (non-hydrogen) atoms. The van der Waals surface area contributed by atoms with Crippen LogP contribution in [0.5, 0.6) is 0 Å². The maximum absolute atomic E-state index is 11.9. The first kappa shape index (κ1) is 15.8. The highest BCUT2D eigenvalue weighted by Crippen LogP contribution is 2.15. The molecule has 0 spiro atoms. The molecule has 0 fully saturated rings. The minimum atomic E-state index is -0.196. The lowest BCUT2D eigenvalue weighted by Crippen LogP contribution is -2.39. The average Bonchev–Trinajstić information content (AvgIpc) is 2.84. The third-order valence-electron chi connectivity index (χ3n) is 3.47. The molecule has 0 aliphatic rings. The van der Waals surface area contributed by atoms with E-state index in [4.69, 9.17) is 0 Å². The number of anilines is 1. The highest BCUT2D eigenvalue weighted by molar-refractivity contribution is 5.74. The van der Waals surface area contributed by atoms with Gasteiger partial charge in [0, 0.05) is 37.6 Å². The van der Waals surface area contributed by atoms with Gasteiger partial charge < -0.3 is 16.0 Å². The summed E-state index contributed by atoms with van der Waals surface area (Å²) < 4.78 is 1.79. The molecule has 118 valence electrons. The smallest absolute Gasteiger partial charge is 0.315 e. The van der Waals surface area contributed by atoms with E-state index in [2.05, 4.69) is 26.0 Å². The minimum Gasteiger partial charge on any atom is -0.368 e. The number of aryl methyl sites for hydroxylation is 1. The van der Waals surface area contributed by atoms with E-state index in [0.29, 0.717) is 13.1 Å². The van der Waals surface area contributed by atoms with Crippen LogP contribution in [0.4, 0.5) is 10.6 Å². The van der Waals surface area contributed by atoms with Gasteiger partial charge in [-0.15, -0.1) is 0 Å². The molecule has 2 aromatic heterocycles. The fourth-order valence-corrected chi connectivity index (χ4v) is 2.10. The zero-order valence-electron chi connectivity index (χ0n) is 13.1. The van der Waals surface area contributed by atoms with Crippen LogP contribution in [-0.4, -0.2) is 33.9 Å². The SMILES string of the molecule is Cc1c(C(C)NC(=O)NCCNc2ccccn2)cnn1C. The fourth-order valence-electron chi connectivity index (χ4n) is 2.10. The number of hydrogen-bond acceptors (Lipinski definition) is 4. The summed E-state index contributed by atoms with van der Waals surface area (Å²) in [5.41, 5.74) is 2.06. The second kappa shape index (κ2) is 7.44. The van der Waals surface area contributed by atoms with Crippen LogP contribution in [-0.2, 0) is 7.05 Å². The molecule has 0 aliphatic carbocycles. The second-order valence-corrected chi connectivity index (χ2v) is 5.07. The monoisotopic (exact) mass is 302 g/mol. The quantitative estimate of drug-likeness (QED) is 0.708. The molecule has 1 unspecified atom stereocenters. The van der Waals surface area contributed by atoms with Crippen LogP contribution >= 0.6 is 0 Å². The lowest BCUT2D eigenvalue weighted by atomic mass is 10.1. The van der Waals surface area contributed by atoms with Gasteiger partial charge >= 0.3 is 6.03 Å². The Morgan fingerprint density at radius 2 is 2.18 bits per heavy atom. The summed E-state index contributed by atoms with van der Waals surface area (Å²) in [6.45, 7) is 5.05. The highest BCUT2D eigenvalue weighted by Gasteiger charge is 2.13. The van der Waals surface area contributed by atoms with Crippen LogP contribution in [0.3, 0.4) is 0 Å². The van der Waals surface area contributed by atoms with E-state index in [1.165, 1.54) is 0 Å². The van der Waals surface area contributed by atoms with Crippen molar-refractivity contribution in [3.63, 3.8) is 0 Å². The van der Waals surface area contributed by atoms with Gasteiger partial charge in [-0.3, -0.25) is 4.68 Å². The molecular weight excluding hydrogens is 280 g/mol. The van der Waals surface area contributed by atoms with Crippen LogP contribution in [0.25, 0.3) is 0 Å². The number of urea groups is 1. The Morgan fingerprint density at radius 3 is 2.82 bits per heavy atom. The molecule has 0 saturated heterocycles. The molecule has 7 nitrogen and oxygen atoms in total. The zero-order chi connectivity index (χ0) is 15.9. The van der Waals surface area contributed by atoms with Gasteiger partial charge in [0.05, 0.1) is 12.2 Å². The standard InChI is InChI=1S/C15H22N6O/c1-11(13-10-19-21(3)12(13)2)20-15(22)18-9-8-17-14-6-4-5-7-16-14/h4-7,10-11H,8-9H2,1-3H3,(H,16,17)(H2,18,20,22). The Labute approximate surface area is 130 Å². The number of carbonyl (C=O) groups excluding carboxylic acids is 1. The van der Waals surface area contributed by atoms with Gasteiger partial charge in [0.1, 0.15) is 5.82 Å². The van der Waals surface area contributed by atoms with Gasteiger partial charge in [0.25, 0.3) is 0 Å². The third kappa shape index (κ3) is 4.21. The molecular formula is C15H22N6O. The predicted octanol–water partition coefficient (Wildman–Crippen LogP) is 1.60. The van der Waals surface area contributed by atoms with Gasteiger partial charge in [0.15, 0.2) is 0 Å². The Hall–Kier alpha value is -2.57. The van der Waals surface area contributed by atoms with Crippen molar-refractivity contribution in [2.45, 2.75) is 19.9 Å². The number of carbonyl (C=O) groups is 1. The Bertz CT molecular complexity index is 610. The van der Waals surface area contributed by atoms with Gasteiger partial charge in [-0.05, 0) is 26.0 Å². The van der Waals surface area contributed by atoms with E-state index in [1.54, 1.807) is 17.1 Å². The van der Waals surface area contributed by atoms with Crippen molar-refractivity contribution in [3.05, 3.63) is 41.9 Å². The number of pyridine rings is 1. The normalized spacial score (nSPS) is 11.8. The van der Waals surface area contributed by atoms with Crippen molar-refractivity contribution < 1.29 is 4.79 Å². The molecule has 0 bridgehead atoms. The first-order chi connectivity index (χ1) is 10.6. The Balaban J connectivity index is 1.70. The average molecular weight is 302 g/mol. The molecule has 0 radical (unpaired) electrons. The van der Waals surface area contributed by atoms with Gasteiger partial charge in [-0.25, -0.2) is 9.78 Å². The summed E-state index contributed by atoms with van der Waals surface area (Å²) in [4.78, 5) is 16.0. The molecule has 2 aromatic rings. The van der Waals surface area contributed by atoms with E-state index >= 15 is 0 Å². The summed E-state index contributed by atoms with van der Waals surface area (Å²) >= 11 is 0.